The summed E-state index contributed by atoms with van der Waals surface area (Å²) in [5.41, 5.74) is -0.304. The molecule has 0 heterocycles. The molecule has 0 aromatic rings. The highest BCUT2D eigenvalue weighted by Crippen LogP contribution is 2.60. The van der Waals surface area contributed by atoms with Crippen molar-refractivity contribution in [1.82, 2.24) is 10.6 Å². The summed E-state index contributed by atoms with van der Waals surface area (Å²) in [4.78, 5) is 25.0. The molecule has 0 unspecified atom stereocenters. The van der Waals surface area contributed by atoms with E-state index < -0.39 is 18.1 Å². The summed E-state index contributed by atoms with van der Waals surface area (Å²) < 4.78 is 38.7. The van der Waals surface area contributed by atoms with Gasteiger partial charge in [-0.1, -0.05) is 6.42 Å². The first kappa shape index (κ1) is 19.1. The molecule has 0 spiro atoms. The van der Waals surface area contributed by atoms with Crippen LogP contribution in [0.5, 0.6) is 0 Å². The van der Waals surface area contributed by atoms with E-state index in [1.54, 1.807) is 0 Å². The van der Waals surface area contributed by atoms with Crippen molar-refractivity contribution in [1.29, 1.82) is 0 Å². The third-order valence-electron chi connectivity index (χ3n) is 7.43. The van der Waals surface area contributed by atoms with Gasteiger partial charge in [0.15, 0.2) is 0 Å². The van der Waals surface area contributed by atoms with E-state index in [-0.39, 0.29) is 36.6 Å². The van der Waals surface area contributed by atoms with Crippen LogP contribution in [0.25, 0.3) is 0 Å². The lowest BCUT2D eigenvalue weighted by atomic mass is 9.49. The Morgan fingerprint density at radius 1 is 0.926 bits per heavy atom. The number of amides is 2. The molecular weight excluding hydrogens is 357 g/mol. The number of carbonyl (C=O) groups excluding carboxylic acids is 2. The van der Waals surface area contributed by atoms with Crippen LogP contribution in [0.2, 0.25) is 0 Å². The normalized spacial score (nSPS) is 40.6. The molecule has 7 heteroatoms. The van der Waals surface area contributed by atoms with Crippen LogP contribution in [-0.4, -0.2) is 30.6 Å². The van der Waals surface area contributed by atoms with E-state index in [1.165, 1.54) is 19.3 Å². The maximum Gasteiger partial charge on any atom is 0.391 e. The molecule has 5 fully saturated rings. The Morgan fingerprint density at radius 3 is 2.07 bits per heavy atom. The van der Waals surface area contributed by atoms with Crippen LogP contribution in [0.15, 0.2) is 0 Å². The van der Waals surface area contributed by atoms with Gasteiger partial charge in [-0.05, 0) is 75.5 Å². The number of halogens is 3. The molecule has 0 aromatic carbocycles. The van der Waals surface area contributed by atoms with Crippen molar-refractivity contribution in [2.75, 3.05) is 6.54 Å². The Kier molecular flexibility index (Phi) is 4.91. The minimum Gasteiger partial charge on any atom is -0.352 e. The number of rotatable bonds is 4. The van der Waals surface area contributed by atoms with Gasteiger partial charge in [-0.15, -0.1) is 0 Å². The van der Waals surface area contributed by atoms with Crippen LogP contribution < -0.4 is 10.6 Å². The molecule has 2 N–H and O–H groups in total. The molecule has 0 radical (unpaired) electrons. The monoisotopic (exact) mass is 386 g/mol. The second-order valence-electron chi connectivity index (χ2n) is 9.55. The number of nitrogens with one attached hydrogen (secondary N) is 2. The summed E-state index contributed by atoms with van der Waals surface area (Å²) >= 11 is 0. The third-order valence-corrected chi connectivity index (χ3v) is 7.43. The highest BCUT2D eigenvalue weighted by molar-refractivity contribution is 5.88. The Bertz CT molecular complexity index is 569. The van der Waals surface area contributed by atoms with E-state index in [0.29, 0.717) is 30.6 Å². The number of hydrogen-bond donors (Lipinski definition) is 2. The van der Waals surface area contributed by atoms with Gasteiger partial charge in [0.1, 0.15) is 0 Å². The van der Waals surface area contributed by atoms with Crippen LogP contribution >= 0.6 is 0 Å². The summed E-state index contributed by atoms with van der Waals surface area (Å²) in [6, 6.07) is -0.450. The van der Waals surface area contributed by atoms with Crippen molar-refractivity contribution in [2.24, 2.45) is 29.1 Å². The molecule has 5 aliphatic carbocycles. The zero-order chi connectivity index (χ0) is 19.2. The molecule has 0 saturated heterocycles. The van der Waals surface area contributed by atoms with E-state index >= 15 is 0 Å². The van der Waals surface area contributed by atoms with Gasteiger partial charge in [0.25, 0.3) is 0 Å². The van der Waals surface area contributed by atoms with Crippen molar-refractivity contribution in [2.45, 2.75) is 76.4 Å². The Labute approximate surface area is 158 Å². The summed E-state index contributed by atoms with van der Waals surface area (Å²) in [7, 11) is 0. The molecule has 0 aliphatic heterocycles. The van der Waals surface area contributed by atoms with Crippen molar-refractivity contribution in [3.05, 3.63) is 0 Å². The maximum absolute atomic E-state index is 12.9. The first-order chi connectivity index (χ1) is 12.7. The van der Waals surface area contributed by atoms with Crippen LogP contribution in [0.3, 0.4) is 0 Å². The zero-order valence-corrected chi connectivity index (χ0v) is 15.6. The Hall–Kier alpha value is -1.27. The largest absolute Gasteiger partial charge is 0.391 e. The van der Waals surface area contributed by atoms with Gasteiger partial charge in [0.2, 0.25) is 11.8 Å². The Balaban J connectivity index is 1.26. The molecule has 27 heavy (non-hydrogen) atoms. The van der Waals surface area contributed by atoms with Crippen molar-refractivity contribution >= 4 is 11.8 Å². The number of carbonyl (C=O) groups is 2. The molecule has 0 aromatic heterocycles. The highest BCUT2D eigenvalue weighted by Gasteiger charge is 2.54. The third kappa shape index (κ3) is 3.97. The fourth-order valence-electron chi connectivity index (χ4n) is 6.63. The fraction of sp³-hybridized carbons (Fsp3) is 0.900. The molecule has 5 rings (SSSR count). The maximum atomic E-state index is 12.9. The molecule has 4 bridgehead atoms. The lowest BCUT2D eigenvalue weighted by Crippen LogP contribution is -2.55. The summed E-state index contributed by atoms with van der Waals surface area (Å²) in [5.74, 6) is 0.222. The summed E-state index contributed by atoms with van der Waals surface area (Å²) in [6.07, 6.45) is 3.45. The second-order valence-corrected chi connectivity index (χ2v) is 9.55. The average Bonchev–Trinajstić information content (AvgIpc) is 2.58. The minimum atomic E-state index is -4.20. The summed E-state index contributed by atoms with van der Waals surface area (Å²) in [5, 5.41) is 5.49. The predicted molar refractivity (Wildman–Crippen MR) is 93.6 cm³/mol. The van der Waals surface area contributed by atoms with E-state index in [0.717, 1.165) is 19.3 Å². The zero-order valence-electron chi connectivity index (χ0n) is 15.6. The van der Waals surface area contributed by atoms with Crippen LogP contribution in [0, 0.1) is 29.1 Å². The molecule has 5 aliphatic rings. The first-order valence-corrected chi connectivity index (χ1v) is 10.4. The predicted octanol–water partition coefficient (Wildman–Crippen LogP) is 3.56. The van der Waals surface area contributed by atoms with Gasteiger partial charge in [0.05, 0.1) is 12.5 Å². The van der Waals surface area contributed by atoms with Gasteiger partial charge >= 0.3 is 6.18 Å². The second kappa shape index (κ2) is 6.96. The molecule has 4 nitrogen and oxygen atoms in total. The van der Waals surface area contributed by atoms with Crippen LogP contribution in [0.4, 0.5) is 13.2 Å². The molecular formula is C20H29F3N2O2. The average molecular weight is 386 g/mol. The topological polar surface area (TPSA) is 58.2 Å². The lowest BCUT2D eigenvalue weighted by Gasteiger charge is -2.55. The summed E-state index contributed by atoms with van der Waals surface area (Å²) in [6.45, 7) is -0.131. The van der Waals surface area contributed by atoms with E-state index in [9.17, 15) is 22.8 Å². The van der Waals surface area contributed by atoms with Crippen LogP contribution in [-0.2, 0) is 9.59 Å². The van der Waals surface area contributed by atoms with E-state index in [2.05, 4.69) is 10.6 Å². The molecule has 5 saturated carbocycles. The minimum absolute atomic E-state index is 0.0198. The molecule has 2 atom stereocenters. The smallest absolute Gasteiger partial charge is 0.352 e. The first-order valence-electron chi connectivity index (χ1n) is 10.4. The quantitative estimate of drug-likeness (QED) is 0.776. The van der Waals surface area contributed by atoms with Gasteiger partial charge < -0.3 is 10.6 Å². The number of hydrogen-bond acceptors (Lipinski definition) is 2. The van der Waals surface area contributed by atoms with E-state index in [4.69, 9.17) is 0 Å². The van der Waals surface area contributed by atoms with Crippen LogP contribution in [0.1, 0.15) is 64.2 Å². The van der Waals surface area contributed by atoms with E-state index in [1.807, 2.05) is 0 Å². The SMILES string of the molecule is O=C(CNC(=O)C12CC3CC(CC(C3)C1)C2)N[C@@H]1CCC[C@H](C(F)(F)F)C1. The van der Waals surface area contributed by atoms with Crippen molar-refractivity contribution in [3.63, 3.8) is 0 Å². The van der Waals surface area contributed by atoms with Gasteiger partial charge in [-0.2, -0.15) is 13.2 Å². The van der Waals surface area contributed by atoms with Gasteiger partial charge in [0, 0.05) is 11.5 Å². The number of alkyl halides is 3. The Morgan fingerprint density at radius 2 is 1.52 bits per heavy atom. The lowest BCUT2D eigenvalue weighted by molar-refractivity contribution is -0.184. The standard InChI is InChI=1S/C20H29F3N2O2/c21-20(22,23)15-2-1-3-16(7-15)25-17(26)11-24-18(27)19-8-12-4-13(9-19)6-14(5-12)10-19/h12-16H,1-11H2,(H,24,27)(H,25,26)/t12?,13?,14?,15-,16+,19?/m0/s1. The van der Waals surface area contributed by atoms with Crippen molar-refractivity contribution < 1.29 is 22.8 Å². The van der Waals surface area contributed by atoms with Gasteiger partial charge in [-0.25, -0.2) is 0 Å². The van der Waals surface area contributed by atoms with Gasteiger partial charge in [-0.3, -0.25) is 9.59 Å². The highest BCUT2D eigenvalue weighted by atomic mass is 19.4. The fourth-order valence-corrected chi connectivity index (χ4v) is 6.63. The molecule has 2 amide bonds. The molecule has 152 valence electrons. The van der Waals surface area contributed by atoms with Crippen molar-refractivity contribution in [3.8, 4) is 0 Å².